The topological polar surface area (TPSA) is 29.9 Å². The quantitative estimate of drug-likeness (QED) is 0.852. The normalized spacial score (nSPS) is 15.9. The Morgan fingerprint density at radius 2 is 2.25 bits per heavy atom. The molecule has 3 nitrogen and oxygen atoms in total. The highest BCUT2D eigenvalue weighted by Crippen LogP contribution is 2.38. The summed E-state index contributed by atoms with van der Waals surface area (Å²) in [6, 6.07) is 7.20. The van der Waals surface area contributed by atoms with E-state index in [1.54, 1.807) is 0 Å². The van der Waals surface area contributed by atoms with E-state index in [-0.39, 0.29) is 0 Å². The highest BCUT2D eigenvalue weighted by molar-refractivity contribution is 5.77. The van der Waals surface area contributed by atoms with Crippen LogP contribution in [0.4, 0.5) is 0 Å². The van der Waals surface area contributed by atoms with Crippen LogP contribution in [-0.4, -0.2) is 16.6 Å². The van der Waals surface area contributed by atoms with Crippen molar-refractivity contribution >= 4 is 11.0 Å². The van der Waals surface area contributed by atoms with E-state index in [1.807, 2.05) is 7.05 Å². The lowest BCUT2D eigenvalue weighted by Crippen LogP contribution is -2.11. The standard InChI is InChI=1S/C13H17N3/c1-9-3-6-11-12(7-9)16(10-4-5-10)13(15-11)8-14-2/h3,6-7,10,14H,4-5,8H2,1-2H3. The van der Waals surface area contributed by atoms with Gasteiger partial charge in [0, 0.05) is 6.04 Å². The molecule has 1 heterocycles. The van der Waals surface area contributed by atoms with Gasteiger partial charge in [-0.15, -0.1) is 0 Å². The van der Waals surface area contributed by atoms with Crippen LogP contribution in [0.2, 0.25) is 0 Å². The number of nitrogens with zero attached hydrogens (tertiary/aromatic N) is 2. The number of hydrogen-bond acceptors (Lipinski definition) is 2. The minimum atomic E-state index is 0.690. The van der Waals surface area contributed by atoms with Gasteiger partial charge < -0.3 is 9.88 Å². The maximum absolute atomic E-state index is 4.71. The Balaban J connectivity index is 2.21. The monoisotopic (exact) mass is 215 g/mol. The second kappa shape index (κ2) is 3.59. The van der Waals surface area contributed by atoms with Crippen LogP contribution in [0.25, 0.3) is 11.0 Å². The molecule has 1 aliphatic carbocycles. The van der Waals surface area contributed by atoms with Crippen LogP contribution in [0.1, 0.15) is 30.3 Å². The molecule has 1 N–H and O–H groups in total. The van der Waals surface area contributed by atoms with Crippen LogP contribution in [0, 0.1) is 6.92 Å². The molecule has 0 amide bonds. The highest BCUT2D eigenvalue weighted by atomic mass is 15.1. The van der Waals surface area contributed by atoms with Crippen LogP contribution in [-0.2, 0) is 6.54 Å². The second-order valence-electron chi connectivity index (χ2n) is 4.65. The summed E-state index contributed by atoms with van der Waals surface area (Å²) in [5.74, 6) is 1.17. The van der Waals surface area contributed by atoms with Gasteiger partial charge in [0.25, 0.3) is 0 Å². The molecule has 84 valence electrons. The van der Waals surface area contributed by atoms with E-state index < -0.39 is 0 Å². The third-order valence-corrected chi connectivity index (χ3v) is 3.16. The van der Waals surface area contributed by atoms with Crippen LogP contribution in [0.15, 0.2) is 18.2 Å². The molecule has 0 atom stereocenters. The van der Waals surface area contributed by atoms with Crippen molar-refractivity contribution in [1.82, 2.24) is 14.9 Å². The minimum absolute atomic E-state index is 0.690. The fourth-order valence-electron chi connectivity index (χ4n) is 2.28. The molecular formula is C13H17N3. The van der Waals surface area contributed by atoms with Gasteiger partial charge in [-0.1, -0.05) is 6.07 Å². The molecular weight excluding hydrogens is 198 g/mol. The molecule has 0 bridgehead atoms. The summed E-state index contributed by atoms with van der Waals surface area (Å²) in [7, 11) is 1.97. The Labute approximate surface area is 95.5 Å². The lowest BCUT2D eigenvalue weighted by molar-refractivity contribution is 0.659. The van der Waals surface area contributed by atoms with Gasteiger partial charge in [0.15, 0.2) is 0 Å². The molecule has 0 saturated heterocycles. The zero-order valence-electron chi connectivity index (χ0n) is 9.83. The molecule has 1 aromatic heterocycles. The zero-order valence-corrected chi connectivity index (χ0v) is 9.83. The number of nitrogens with one attached hydrogen (secondary N) is 1. The van der Waals surface area contributed by atoms with E-state index in [0.29, 0.717) is 6.04 Å². The third-order valence-electron chi connectivity index (χ3n) is 3.16. The van der Waals surface area contributed by atoms with Gasteiger partial charge in [-0.05, 0) is 44.5 Å². The molecule has 1 fully saturated rings. The summed E-state index contributed by atoms with van der Waals surface area (Å²) < 4.78 is 2.42. The SMILES string of the molecule is CNCc1nc2ccc(C)cc2n1C1CC1. The lowest BCUT2D eigenvalue weighted by Gasteiger charge is -2.06. The van der Waals surface area contributed by atoms with E-state index in [2.05, 4.69) is 35.0 Å². The maximum atomic E-state index is 4.71. The average Bonchev–Trinajstić information content (AvgIpc) is 3.02. The van der Waals surface area contributed by atoms with E-state index in [1.165, 1.54) is 29.7 Å². The Morgan fingerprint density at radius 1 is 1.44 bits per heavy atom. The number of rotatable bonds is 3. The molecule has 0 spiro atoms. The predicted octanol–water partition coefficient (Wildman–Crippen LogP) is 2.40. The molecule has 3 heteroatoms. The van der Waals surface area contributed by atoms with E-state index >= 15 is 0 Å². The predicted molar refractivity (Wildman–Crippen MR) is 65.5 cm³/mol. The largest absolute Gasteiger partial charge is 0.324 e. The van der Waals surface area contributed by atoms with Gasteiger partial charge in [0.1, 0.15) is 5.82 Å². The van der Waals surface area contributed by atoms with Gasteiger partial charge in [0.2, 0.25) is 0 Å². The van der Waals surface area contributed by atoms with Gasteiger partial charge in [-0.25, -0.2) is 4.98 Å². The molecule has 0 unspecified atom stereocenters. The van der Waals surface area contributed by atoms with E-state index in [4.69, 9.17) is 4.98 Å². The van der Waals surface area contributed by atoms with Crippen molar-refractivity contribution in [2.45, 2.75) is 32.4 Å². The van der Waals surface area contributed by atoms with Crippen LogP contribution in [0.3, 0.4) is 0 Å². The Morgan fingerprint density at radius 3 is 2.94 bits per heavy atom. The lowest BCUT2D eigenvalue weighted by atomic mass is 10.2. The van der Waals surface area contributed by atoms with Gasteiger partial charge in [0.05, 0.1) is 17.6 Å². The number of aryl methyl sites for hydroxylation is 1. The van der Waals surface area contributed by atoms with Crippen molar-refractivity contribution in [1.29, 1.82) is 0 Å². The summed E-state index contributed by atoms with van der Waals surface area (Å²) in [4.78, 5) is 4.71. The van der Waals surface area contributed by atoms with Crippen molar-refractivity contribution in [2.75, 3.05) is 7.05 Å². The van der Waals surface area contributed by atoms with Crippen molar-refractivity contribution in [2.24, 2.45) is 0 Å². The summed E-state index contributed by atoms with van der Waals surface area (Å²) in [5, 5.41) is 3.20. The maximum Gasteiger partial charge on any atom is 0.124 e. The molecule has 0 radical (unpaired) electrons. The molecule has 1 aromatic carbocycles. The number of fused-ring (bicyclic) bond motifs is 1. The van der Waals surface area contributed by atoms with Crippen LogP contribution < -0.4 is 5.32 Å². The Hall–Kier alpha value is -1.35. The third kappa shape index (κ3) is 1.52. The average molecular weight is 215 g/mol. The first kappa shape index (κ1) is 9.85. The summed E-state index contributed by atoms with van der Waals surface area (Å²) in [6.07, 6.45) is 2.60. The Bertz CT molecular complexity index is 523. The fourth-order valence-corrected chi connectivity index (χ4v) is 2.28. The molecule has 1 saturated carbocycles. The minimum Gasteiger partial charge on any atom is -0.324 e. The van der Waals surface area contributed by atoms with Gasteiger partial charge >= 0.3 is 0 Å². The zero-order chi connectivity index (χ0) is 11.1. The molecule has 1 aliphatic rings. The fraction of sp³-hybridized carbons (Fsp3) is 0.462. The first-order valence-electron chi connectivity index (χ1n) is 5.91. The smallest absolute Gasteiger partial charge is 0.124 e. The number of aromatic nitrogens is 2. The Kier molecular flexibility index (Phi) is 2.21. The van der Waals surface area contributed by atoms with Crippen molar-refractivity contribution in [3.63, 3.8) is 0 Å². The molecule has 16 heavy (non-hydrogen) atoms. The van der Waals surface area contributed by atoms with Gasteiger partial charge in [-0.3, -0.25) is 0 Å². The number of hydrogen-bond donors (Lipinski definition) is 1. The second-order valence-corrected chi connectivity index (χ2v) is 4.65. The van der Waals surface area contributed by atoms with E-state index in [0.717, 1.165) is 12.1 Å². The van der Waals surface area contributed by atoms with Gasteiger partial charge in [-0.2, -0.15) is 0 Å². The van der Waals surface area contributed by atoms with Crippen molar-refractivity contribution in [3.8, 4) is 0 Å². The summed E-state index contributed by atoms with van der Waals surface area (Å²) in [5.41, 5.74) is 3.74. The first-order chi connectivity index (χ1) is 7.79. The molecule has 3 rings (SSSR count). The molecule has 2 aromatic rings. The molecule has 0 aliphatic heterocycles. The van der Waals surface area contributed by atoms with E-state index in [9.17, 15) is 0 Å². The van der Waals surface area contributed by atoms with Crippen LogP contribution in [0.5, 0.6) is 0 Å². The first-order valence-corrected chi connectivity index (χ1v) is 5.91. The van der Waals surface area contributed by atoms with Crippen molar-refractivity contribution in [3.05, 3.63) is 29.6 Å². The summed E-state index contributed by atoms with van der Waals surface area (Å²) >= 11 is 0. The van der Waals surface area contributed by atoms with Crippen LogP contribution >= 0.6 is 0 Å². The van der Waals surface area contributed by atoms with Crippen molar-refractivity contribution < 1.29 is 0 Å². The number of imidazole rings is 1. The highest BCUT2D eigenvalue weighted by Gasteiger charge is 2.27. The number of benzene rings is 1. The summed E-state index contributed by atoms with van der Waals surface area (Å²) in [6.45, 7) is 2.99.